The van der Waals surface area contributed by atoms with Gasteiger partial charge in [0.25, 0.3) is 0 Å². The van der Waals surface area contributed by atoms with E-state index in [0.29, 0.717) is 0 Å². The van der Waals surface area contributed by atoms with Crippen molar-refractivity contribution in [2.24, 2.45) is 0 Å². The minimum atomic E-state index is 0.893. The normalized spacial score (nSPS) is 11.8. The maximum atomic E-state index is 6.63. The molecule has 0 unspecified atom stereocenters. The van der Waals surface area contributed by atoms with Crippen LogP contribution in [-0.2, 0) is 0 Å². The third-order valence-electron chi connectivity index (χ3n) is 9.53. The molecule has 3 nitrogen and oxygen atoms in total. The standard InChI is InChI=1S/C44H28N2O/c1-3-13-31(14-4-1)45-38-22-9-7-17-35(38)36-21-11-20-34(42(36)45)30-27-25-29(26-28-30)33-19-12-24-40-41(33)43-44(47-40)37-18-8-10-23-39(37)46(43)32-15-5-2-6-16-32/h1-28H. The first-order valence-corrected chi connectivity index (χ1v) is 16.0. The van der Waals surface area contributed by atoms with Crippen molar-refractivity contribution in [3.63, 3.8) is 0 Å². The molecule has 3 heteroatoms. The largest absolute Gasteiger partial charge is 0.454 e. The van der Waals surface area contributed by atoms with E-state index in [-0.39, 0.29) is 0 Å². The molecule has 0 N–H and O–H groups in total. The van der Waals surface area contributed by atoms with E-state index in [1.54, 1.807) is 0 Å². The molecule has 3 heterocycles. The molecule has 220 valence electrons. The summed E-state index contributed by atoms with van der Waals surface area (Å²) in [6, 6.07) is 60.6. The summed E-state index contributed by atoms with van der Waals surface area (Å²) in [6.45, 7) is 0. The van der Waals surface area contributed by atoms with E-state index in [2.05, 4.69) is 179 Å². The highest BCUT2D eigenvalue weighted by Crippen LogP contribution is 2.43. The molecular weight excluding hydrogens is 572 g/mol. The highest BCUT2D eigenvalue weighted by atomic mass is 16.3. The molecule has 0 saturated carbocycles. The van der Waals surface area contributed by atoms with Crippen LogP contribution in [0.5, 0.6) is 0 Å². The van der Waals surface area contributed by atoms with Crippen LogP contribution in [0.1, 0.15) is 0 Å². The number of hydrogen-bond acceptors (Lipinski definition) is 1. The van der Waals surface area contributed by atoms with Crippen molar-refractivity contribution in [1.82, 2.24) is 9.13 Å². The Kier molecular flexibility index (Phi) is 5.57. The van der Waals surface area contributed by atoms with Gasteiger partial charge < -0.3 is 13.6 Å². The van der Waals surface area contributed by atoms with Crippen LogP contribution in [0.4, 0.5) is 0 Å². The van der Waals surface area contributed by atoms with E-state index >= 15 is 0 Å². The first-order chi connectivity index (χ1) is 23.3. The summed E-state index contributed by atoms with van der Waals surface area (Å²) in [5, 5.41) is 4.76. The Morgan fingerprint density at radius 3 is 1.57 bits per heavy atom. The average Bonchev–Trinajstić information content (AvgIpc) is 3.79. The number of fused-ring (bicyclic) bond motifs is 8. The van der Waals surface area contributed by atoms with E-state index in [1.165, 1.54) is 32.9 Å². The monoisotopic (exact) mass is 600 g/mol. The van der Waals surface area contributed by atoms with E-state index < -0.39 is 0 Å². The van der Waals surface area contributed by atoms with E-state index in [0.717, 1.165) is 55.5 Å². The maximum absolute atomic E-state index is 6.63. The highest BCUT2D eigenvalue weighted by Gasteiger charge is 2.22. The number of aromatic nitrogens is 2. The average molecular weight is 601 g/mol. The third-order valence-corrected chi connectivity index (χ3v) is 9.53. The van der Waals surface area contributed by atoms with Crippen molar-refractivity contribution < 1.29 is 4.42 Å². The predicted octanol–water partition coefficient (Wildman–Crippen LogP) is 12.0. The summed E-state index contributed by atoms with van der Waals surface area (Å²) < 4.78 is 11.4. The molecule has 0 atom stereocenters. The van der Waals surface area contributed by atoms with Gasteiger partial charge >= 0.3 is 0 Å². The Hall–Kier alpha value is -6.32. The SMILES string of the molecule is c1ccc(-n2c3ccccc3c3cccc(-c4ccc(-c5cccc6oc7c8ccccc8n(-c8ccccc8)c7c56)cc4)c32)cc1. The molecule has 10 rings (SSSR count). The zero-order chi connectivity index (χ0) is 30.9. The molecular formula is C44H28N2O. The van der Waals surface area contributed by atoms with Crippen LogP contribution < -0.4 is 0 Å². The molecule has 0 bridgehead atoms. The van der Waals surface area contributed by atoms with E-state index in [1.807, 2.05) is 0 Å². The summed E-state index contributed by atoms with van der Waals surface area (Å²) in [4.78, 5) is 0. The van der Waals surface area contributed by atoms with Gasteiger partial charge in [-0.3, -0.25) is 0 Å². The first-order valence-electron chi connectivity index (χ1n) is 16.0. The van der Waals surface area contributed by atoms with Gasteiger partial charge in [-0.05, 0) is 65.2 Å². The second-order valence-corrected chi connectivity index (χ2v) is 12.1. The number of rotatable bonds is 4. The van der Waals surface area contributed by atoms with Crippen LogP contribution in [0.2, 0.25) is 0 Å². The lowest BCUT2D eigenvalue weighted by molar-refractivity contribution is 0.673. The zero-order valence-electron chi connectivity index (χ0n) is 25.5. The molecule has 0 aliphatic rings. The molecule has 0 aliphatic carbocycles. The minimum Gasteiger partial charge on any atom is -0.454 e. The van der Waals surface area contributed by atoms with Gasteiger partial charge in [-0.25, -0.2) is 0 Å². The Morgan fingerprint density at radius 1 is 0.362 bits per heavy atom. The predicted molar refractivity (Wildman–Crippen MR) is 196 cm³/mol. The molecule has 47 heavy (non-hydrogen) atoms. The highest BCUT2D eigenvalue weighted by molar-refractivity contribution is 6.20. The fourth-order valence-corrected chi connectivity index (χ4v) is 7.52. The summed E-state index contributed by atoms with van der Waals surface area (Å²) in [7, 11) is 0. The number of hydrogen-bond donors (Lipinski definition) is 0. The molecule has 0 saturated heterocycles. The van der Waals surface area contributed by atoms with Crippen LogP contribution in [0, 0.1) is 0 Å². The maximum Gasteiger partial charge on any atom is 0.161 e. The first kappa shape index (κ1) is 26.0. The lowest BCUT2D eigenvalue weighted by Gasteiger charge is -2.12. The fraction of sp³-hybridized carbons (Fsp3) is 0. The van der Waals surface area contributed by atoms with Crippen LogP contribution in [0.3, 0.4) is 0 Å². The van der Waals surface area contributed by atoms with Crippen molar-refractivity contribution in [2.45, 2.75) is 0 Å². The molecule has 0 aliphatic heterocycles. The third kappa shape index (κ3) is 3.81. The zero-order valence-corrected chi connectivity index (χ0v) is 25.5. The molecule has 0 spiro atoms. The van der Waals surface area contributed by atoms with Gasteiger partial charge in [0, 0.05) is 33.1 Å². The Labute approximate surface area is 271 Å². The number of para-hydroxylation sites is 5. The molecule has 0 fully saturated rings. The number of benzene rings is 7. The fourth-order valence-electron chi connectivity index (χ4n) is 7.52. The van der Waals surface area contributed by atoms with Gasteiger partial charge in [-0.1, -0.05) is 121 Å². The van der Waals surface area contributed by atoms with Crippen molar-refractivity contribution in [1.29, 1.82) is 0 Å². The summed E-state index contributed by atoms with van der Waals surface area (Å²) in [6.07, 6.45) is 0. The van der Waals surface area contributed by atoms with Gasteiger partial charge in [0.05, 0.1) is 21.9 Å². The van der Waals surface area contributed by atoms with Crippen molar-refractivity contribution in [3.8, 4) is 33.6 Å². The summed E-state index contributed by atoms with van der Waals surface area (Å²) in [5.41, 5.74) is 13.5. The second kappa shape index (κ2) is 10.1. The lowest BCUT2D eigenvalue weighted by atomic mass is 9.96. The molecule has 3 aromatic heterocycles. The van der Waals surface area contributed by atoms with Crippen LogP contribution in [-0.4, -0.2) is 9.13 Å². The molecule has 0 radical (unpaired) electrons. The lowest BCUT2D eigenvalue weighted by Crippen LogP contribution is -1.95. The topological polar surface area (TPSA) is 23.0 Å². The van der Waals surface area contributed by atoms with E-state index in [9.17, 15) is 0 Å². The summed E-state index contributed by atoms with van der Waals surface area (Å²) in [5.74, 6) is 0. The van der Waals surface area contributed by atoms with Gasteiger partial charge in [0.15, 0.2) is 5.58 Å². The number of nitrogens with zero attached hydrogens (tertiary/aromatic N) is 2. The van der Waals surface area contributed by atoms with Crippen molar-refractivity contribution in [2.75, 3.05) is 0 Å². The molecule has 7 aromatic carbocycles. The molecule has 0 amide bonds. The number of furan rings is 1. The Balaban J connectivity index is 1.19. The van der Waals surface area contributed by atoms with Gasteiger partial charge in [-0.2, -0.15) is 0 Å². The Bertz CT molecular complexity index is 2760. The van der Waals surface area contributed by atoms with Gasteiger partial charge in [0.1, 0.15) is 11.1 Å². The van der Waals surface area contributed by atoms with Crippen LogP contribution >= 0.6 is 0 Å². The van der Waals surface area contributed by atoms with Crippen molar-refractivity contribution in [3.05, 3.63) is 170 Å². The van der Waals surface area contributed by atoms with Gasteiger partial charge in [-0.15, -0.1) is 0 Å². The van der Waals surface area contributed by atoms with Crippen LogP contribution in [0.25, 0.3) is 88.4 Å². The Morgan fingerprint density at radius 2 is 0.872 bits per heavy atom. The molecule has 10 aromatic rings. The van der Waals surface area contributed by atoms with Crippen LogP contribution in [0.15, 0.2) is 174 Å². The quantitative estimate of drug-likeness (QED) is 0.197. The van der Waals surface area contributed by atoms with Crippen molar-refractivity contribution >= 4 is 54.8 Å². The smallest absolute Gasteiger partial charge is 0.161 e. The van der Waals surface area contributed by atoms with E-state index in [4.69, 9.17) is 4.42 Å². The second-order valence-electron chi connectivity index (χ2n) is 12.1. The minimum absolute atomic E-state index is 0.893. The van der Waals surface area contributed by atoms with Gasteiger partial charge in [0.2, 0.25) is 0 Å². The summed E-state index contributed by atoms with van der Waals surface area (Å²) >= 11 is 0.